The summed E-state index contributed by atoms with van der Waals surface area (Å²) in [6, 6.07) is 20.8. The van der Waals surface area contributed by atoms with Gasteiger partial charge in [0.25, 0.3) is 0 Å². The summed E-state index contributed by atoms with van der Waals surface area (Å²) in [4.78, 5) is 25.7. The summed E-state index contributed by atoms with van der Waals surface area (Å²) in [5.41, 5.74) is 3.12. The lowest BCUT2D eigenvalue weighted by Crippen LogP contribution is -2.45. The van der Waals surface area contributed by atoms with E-state index in [-0.39, 0.29) is 11.8 Å². The Balaban J connectivity index is 1.69. The molecule has 1 aliphatic rings. The number of carbonyl (C=O) groups is 2. The van der Waals surface area contributed by atoms with E-state index in [1.54, 1.807) is 50.4 Å². The minimum absolute atomic E-state index is 0.204. The summed E-state index contributed by atoms with van der Waals surface area (Å²) in [5.74, 6) is 0.869. The van der Waals surface area contributed by atoms with Gasteiger partial charge in [0.15, 0.2) is 17.3 Å². The number of hydrogen-bond acceptors (Lipinski definition) is 4. The van der Waals surface area contributed by atoms with E-state index in [9.17, 15) is 9.59 Å². The van der Waals surface area contributed by atoms with Crippen molar-refractivity contribution in [1.29, 1.82) is 0 Å². The van der Waals surface area contributed by atoms with Gasteiger partial charge in [-0.25, -0.2) is 4.79 Å². The fourth-order valence-corrected chi connectivity index (χ4v) is 3.85. The zero-order valence-electron chi connectivity index (χ0n) is 18.2. The number of nitrogens with one attached hydrogen (secondary N) is 2. The van der Waals surface area contributed by atoms with Crippen LogP contribution >= 0.6 is 11.6 Å². The largest absolute Gasteiger partial charge is 0.493 e. The van der Waals surface area contributed by atoms with E-state index >= 15 is 0 Å². The molecule has 0 aromatic heterocycles. The Kier molecular flexibility index (Phi) is 6.66. The van der Waals surface area contributed by atoms with Gasteiger partial charge in [0.2, 0.25) is 0 Å². The molecule has 3 aromatic carbocycles. The number of hydrogen-bond donors (Lipinski definition) is 2. The van der Waals surface area contributed by atoms with Crippen molar-refractivity contribution in [2.45, 2.75) is 19.6 Å². The van der Waals surface area contributed by atoms with Crippen LogP contribution in [0.4, 0.5) is 4.79 Å². The number of halogens is 1. The summed E-state index contributed by atoms with van der Waals surface area (Å²) < 4.78 is 11.5. The van der Waals surface area contributed by atoms with Gasteiger partial charge in [-0.15, -0.1) is 0 Å². The number of allylic oxidation sites excluding steroid dienone is 1. The topological polar surface area (TPSA) is 76.7 Å². The normalized spacial score (nSPS) is 15.5. The standard InChI is InChI=1S/C26H23ClN2O4/c1-16-23(25(30)18-8-11-20(27)12-9-18)24(29-26(31)28-16)19-10-13-21(32-2)22(14-19)33-15-17-6-4-3-5-7-17/h3-14,24H,15H2,1-2H3,(H2,28,29,31). The Labute approximate surface area is 197 Å². The molecule has 168 valence electrons. The molecular weight excluding hydrogens is 440 g/mol. The van der Waals surface area contributed by atoms with Crippen molar-refractivity contribution in [3.63, 3.8) is 0 Å². The van der Waals surface area contributed by atoms with E-state index in [2.05, 4.69) is 10.6 Å². The first-order valence-electron chi connectivity index (χ1n) is 10.4. The van der Waals surface area contributed by atoms with Gasteiger partial charge in [0.1, 0.15) is 6.61 Å². The highest BCUT2D eigenvalue weighted by atomic mass is 35.5. The number of methoxy groups -OCH3 is 1. The average Bonchev–Trinajstić information content (AvgIpc) is 2.83. The molecule has 33 heavy (non-hydrogen) atoms. The number of urea groups is 1. The van der Waals surface area contributed by atoms with E-state index in [0.717, 1.165) is 5.56 Å². The number of ether oxygens (including phenoxy) is 2. The summed E-state index contributed by atoms with van der Waals surface area (Å²) in [6.07, 6.45) is 0. The number of Topliss-reactive ketones (excluding diaryl/α,β-unsaturated/α-hetero) is 1. The van der Waals surface area contributed by atoms with Gasteiger partial charge in [-0.05, 0) is 54.4 Å². The monoisotopic (exact) mass is 462 g/mol. The van der Waals surface area contributed by atoms with Gasteiger partial charge in [-0.3, -0.25) is 4.79 Å². The molecule has 0 saturated carbocycles. The molecule has 6 nitrogen and oxygen atoms in total. The molecule has 0 spiro atoms. The number of rotatable bonds is 7. The summed E-state index contributed by atoms with van der Waals surface area (Å²) >= 11 is 5.98. The first-order chi connectivity index (χ1) is 16.0. The van der Waals surface area contributed by atoms with Gasteiger partial charge in [-0.2, -0.15) is 0 Å². The summed E-state index contributed by atoms with van der Waals surface area (Å²) in [6.45, 7) is 2.07. The van der Waals surface area contributed by atoms with Crippen LogP contribution in [-0.4, -0.2) is 18.9 Å². The molecule has 0 saturated heterocycles. The molecule has 1 aliphatic heterocycles. The van der Waals surface area contributed by atoms with Crippen molar-refractivity contribution >= 4 is 23.4 Å². The number of ketones is 1. The molecular formula is C26H23ClN2O4. The molecule has 3 aromatic rings. The Morgan fingerprint density at radius 3 is 2.42 bits per heavy atom. The predicted octanol–water partition coefficient (Wildman–Crippen LogP) is 5.44. The van der Waals surface area contributed by atoms with E-state index in [1.807, 2.05) is 36.4 Å². The first kappa shape index (κ1) is 22.4. The summed E-state index contributed by atoms with van der Waals surface area (Å²) in [5, 5.41) is 6.11. The molecule has 0 fully saturated rings. The van der Waals surface area contributed by atoms with Crippen molar-refractivity contribution in [2.75, 3.05) is 7.11 Å². The van der Waals surface area contributed by atoms with E-state index in [0.29, 0.717) is 45.5 Å². The zero-order chi connectivity index (χ0) is 23.4. The van der Waals surface area contributed by atoms with Crippen LogP contribution in [0.25, 0.3) is 0 Å². The Morgan fingerprint density at radius 1 is 1.00 bits per heavy atom. The average molecular weight is 463 g/mol. The van der Waals surface area contributed by atoms with Crippen molar-refractivity contribution < 1.29 is 19.1 Å². The number of carbonyl (C=O) groups excluding carboxylic acids is 2. The molecule has 1 atom stereocenters. The zero-order valence-corrected chi connectivity index (χ0v) is 19.0. The Morgan fingerprint density at radius 2 is 1.73 bits per heavy atom. The summed E-state index contributed by atoms with van der Waals surface area (Å²) in [7, 11) is 1.57. The molecule has 0 aliphatic carbocycles. The van der Waals surface area contributed by atoms with Crippen LogP contribution in [0.5, 0.6) is 11.5 Å². The predicted molar refractivity (Wildman–Crippen MR) is 127 cm³/mol. The quantitative estimate of drug-likeness (QED) is 0.458. The van der Waals surface area contributed by atoms with E-state index < -0.39 is 6.04 Å². The molecule has 1 unspecified atom stereocenters. The highest BCUT2D eigenvalue weighted by Gasteiger charge is 2.32. The maximum atomic E-state index is 13.4. The Bertz CT molecular complexity index is 1210. The molecule has 4 rings (SSSR count). The third-order valence-corrected chi connectivity index (χ3v) is 5.63. The minimum atomic E-state index is -0.660. The van der Waals surface area contributed by atoms with Crippen molar-refractivity contribution in [3.8, 4) is 11.5 Å². The lowest BCUT2D eigenvalue weighted by Gasteiger charge is -2.29. The van der Waals surface area contributed by atoms with E-state index in [4.69, 9.17) is 21.1 Å². The third-order valence-electron chi connectivity index (χ3n) is 5.38. The fourth-order valence-electron chi connectivity index (χ4n) is 3.72. The van der Waals surface area contributed by atoms with Crippen LogP contribution < -0.4 is 20.1 Å². The number of benzene rings is 3. The van der Waals surface area contributed by atoms with Crippen molar-refractivity contribution in [2.24, 2.45) is 0 Å². The van der Waals surface area contributed by atoms with Gasteiger partial charge in [0.05, 0.1) is 13.2 Å². The molecule has 2 N–H and O–H groups in total. The van der Waals surface area contributed by atoms with Gasteiger partial charge >= 0.3 is 6.03 Å². The third kappa shape index (κ3) is 5.02. The lowest BCUT2D eigenvalue weighted by atomic mass is 9.89. The molecule has 2 amide bonds. The van der Waals surface area contributed by atoms with Crippen LogP contribution in [0, 0.1) is 0 Å². The number of amides is 2. The van der Waals surface area contributed by atoms with Gasteiger partial charge in [-0.1, -0.05) is 48.0 Å². The van der Waals surface area contributed by atoms with Gasteiger partial charge in [0, 0.05) is 21.9 Å². The molecule has 7 heteroatoms. The maximum absolute atomic E-state index is 13.4. The van der Waals surface area contributed by atoms with Crippen LogP contribution in [-0.2, 0) is 6.61 Å². The van der Waals surface area contributed by atoms with Crippen molar-refractivity contribution in [3.05, 3.63) is 106 Å². The smallest absolute Gasteiger partial charge is 0.319 e. The Hall–Kier alpha value is -3.77. The lowest BCUT2D eigenvalue weighted by molar-refractivity contribution is 0.102. The van der Waals surface area contributed by atoms with E-state index in [1.165, 1.54) is 0 Å². The second-order valence-corrected chi connectivity index (χ2v) is 8.03. The fraction of sp³-hybridized carbons (Fsp3) is 0.154. The SMILES string of the molecule is COc1ccc(C2NC(=O)NC(C)=C2C(=O)c2ccc(Cl)cc2)cc1OCc1ccccc1. The van der Waals surface area contributed by atoms with Crippen LogP contribution in [0.15, 0.2) is 84.1 Å². The second-order valence-electron chi connectivity index (χ2n) is 7.59. The van der Waals surface area contributed by atoms with Crippen LogP contribution in [0.3, 0.4) is 0 Å². The maximum Gasteiger partial charge on any atom is 0.319 e. The molecule has 0 radical (unpaired) electrons. The molecule has 0 bridgehead atoms. The first-order valence-corrected chi connectivity index (χ1v) is 10.8. The van der Waals surface area contributed by atoms with Crippen molar-refractivity contribution in [1.82, 2.24) is 10.6 Å². The minimum Gasteiger partial charge on any atom is -0.493 e. The van der Waals surface area contributed by atoms with Crippen LogP contribution in [0.2, 0.25) is 5.02 Å². The van der Waals surface area contributed by atoms with Gasteiger partial charge < -0.3 is 20.1 Å². The molecule has 1 heterocycles. The highest BCUT2D eigenvalue weighted by Crippen LogP contribution is 2.35. The van der Waals surface area contributed by atoms with Crippen LogP contribution in [0.1, 0.15) is 34.5 Å². The highest BCUT2D eigenvalue weighted by molar-refractivity contribution is 6.30. The second kappa shape index (κ2) is 9.79.